The van der Waals surface area contributed by atoms with Gasteiger partial charge >= 0.3 is 0 Å². The summed E-state index contributed by atoms with van der Waals surface area (Å²) >= 11 is 0. The predicted molar refractivity (Wildman–Crippen MR) is 64.0 cm³/mol. The monoisotopic (exact) mass is 263 g/mol. The average molecular weight is 264 g/mol. The van der Waals surface area contributed by atoms with Gasteiger partial charge < -0.3 is 4.90 Å². The van der Waals surface area contributed by atoms with Gasteiger partial charge in [0.05, 0.1) is 4.90 Å². The lowest BCUT2D eigenvalue weighted by atomic mass is 10.2. The first kappa shape index (κ1) is 14.9. The van der Waals surface area contributed by atoms with Crippen molar-refractivity contribution in [2.75, 3.05) is 14.1 Å². The number of carbonyl (C=O) groups excluding carboxylic acids is 1. The van der Waals surface area contributed by atoms with Crippen molar-refractivity contribution in [1.29, 1.82) is 0 Å². The maximum Gasteiger partial charge on any atom is 0.261 e. The van der Waals surface area contributed by atoms with Crippen molar-refractivity contribution in [2.24, 2.45) is 0 Å². The van der Waals surface area contributed by atoms with Crippen molar-refractivity contribution in [2.45, 2.75) is 11.8 Å². The summed E-state index contributed by atoms with van der Waals surface area (Å²) in [4.78, 5) is 11.0. The number of amides is 1. The van der Waals surface area contributed by atoms with Gasteiger partial charge in [-0.1, -0.05) is 17.7 Å². The predicted octanol–water partition coefficient (Wildman–Crippen LogP) is 1.63. The second-order valence-corrected chi connectivity index (χ2v) is 5.89. The summed E-state index contributed by atoms with van der Waals surface area (Å²) in [6, 6.07) is 6.37. The molecule has 0 aromatic heterocycles. The smallest absolute Gasteiger partial charge is 0.261 e. The van der Waals surface area contributed by atoms with E-state index >= 15 is 0 Å². The van der Waals surface area contributed by atoms with Gasteiger partial charge in [-0.05, 0) is 19.1 Å². The summed E-state index contributed by atoms with van der Waals surface area (Å²) < 4.78 is 21.4. The fraction of sp³-hybridized carbons (Fsp3) is 0.300. The van der Waals surface area contributed by atoms with E-state index in [1.807, 2.05) is 6.92 Å². The summed E-state index contributed by atoms with van der Waals surface area (Å²) in [5.74, 6) is 0. The standard InChI is InChI=1S/C7H7ClO2S.C3H7NO/c1-6-2-4-7(5-3-6)11(8,9)10;1-4(2)3-5/h2-5H,1H3;3H,1-2H3. The van der Waals surface area contributed by atoms with E-state index in [0.29, 0.717) is 0 Å². The molecule has 0 unspecified atom stereocenters. The average Bonchev–Trinajstić information content (AvgIpc) is 2.18. The Bertz CT molecular complexity index is 426. The number of hydrogen-bond acceptors (Lipinski definition) is 3. The van der Waals surface area contributed by atoms with Crippen molar-refractivity contribution >= 4 is 26.1 Å². The van der Waals surface area contributed by atoms with Crippen molar-refractivity contribution in [1.82, 2.24) is 4.90 Å². The first-order valence-electron chi connectivity index (χ1n) is 4.40. The van der Waals surface area contributed by atoms with E-state index in [-0.39, 0.29) is 4.90 Å². The first-order valence-corrected chi connectivity index (χ1v) is 6.71. The molecule has 0 radical (unpaired) electrons. The third kappa shape index (κ3) is 6.42. The molecule has 0 aliphatic rings. The third-order valence-corrected chi connectivity index (χ3v) is 2.88. The Hall–Kier alpha value is -1.07. The van der Waals surface area contributed by atoms with Crippen LogP contribution in [0.2, 0.25) is 0 Å². The second-order valence-electron chi connectivity index (χ2n) is 3.32. The van der Waals surface area contributed by atoms with E-state index in [0.717, 1.165) is 12.0 Å². The van der Waals surface area contributed by atoms with Crippen LogP contribution in [-0.2, 0) is 13.8 Å². The highest BCUT2D eigenvalue weighted by Gasteiger charge is 2.07. The van der Waals surface area contributed by atoms with Crippen LogP contribution in [-0.4, -0.2) is 33.8 Å². The van der Waals surface area contributed by atoms with Gasteiger partial charge in [0.1, 0.15) is 0 Å². The zero-order chi connectivity index (χ0) is 12.8. The maximum atomic E-state index is 10.7. The molecular weight excluding hydrogens is 250 g/mol. The minimum atomic E-state index is -3.55. The number of benzene rings is 1. The molecule has 4 nitrogen and oxygen atoms in total. The molecule has 6 heteroatoms. The van der Waals surface area contributed by atoms with E-state index in [1.54, 1.807) is 26.2 Å². The van der Waals surface area contributed by atoms with Crippen LogP contribution in [0.1, 0.15) is 5.56 Å². The highest BCUT2D eigenvalue weighted by atomic mass is 35.7. The Morgan fingerprint density at radius 3 is 1.81 bits per heavy atom. The molecule has 0 saturated carbocycles. The van der Waals surface area contributed by atoms with Crippen molar-refractivity contribution < 1.29 is 13.2 Å². The van der Waals surface area contributed by atoms with Crippen LogP contribution >= 0.6 is 10.7 Å². The lowest BCUT2D eigenvalue weighted by Gasteiger charge is -1.94. The zero-order valence-corrected chi connectivity index (χ0v) is 10.9. The number of halogens is 1. The van der Waals surface area contributed by atoms with E-state index in [2.05, 4.69) is 0 Å². The summed E-state index contributed by atoms with van der Waals surface area (Å²) in [5.41, 5.74) is 1.01. The molecule has 1 amide bonds. The summed E-state index contributed by atoms with van der Waals surface area (Å²) in [6.45, 7) is 1.88. The highest BCUT2D eigenvalue weighted by molar-refractivity contribution is 8.13. The van der Waals surface area contributed by atoms with Crippen molar-refractivity contribution in [3.63, 3.8) is 0 Å². The molecule has 0 aliphatic heterocycles. The minimum Gasteiger partial charge on any atom is -0.351 e. The largest absolute Gasteiger partial charge is 0.351 e. The molecule has 1 aromatic carbocycles. The number of aryl methyl sites for hydroxylation is 1. The molecule has 90 valence electrons. The van der Waals surface area contributed by atoms with Crippen LogP contribution < -0.4 is 0 Å². The SMILES string of the molecule is CN(C)C=O.Cc1ccc(S(=O)(=O)Cl)cc1. The number of hydrogen-bond donors (Lipinski definition) is 0. The molecule has 0 bridgehead atoms. The first-order chi connectivity index (χ1) is 7.27. The van der Waals surface area contributed by atoms with Gasteiger partial charge in [-0.15, -0.1) is 0 Å². The van der Waals surface area contributed by atoms with Gasteiger partial charge in [-0.25, -0.2) is 8.42 Å². The molecule has 1 aromatic rings. The fourth-order valence-electron chi connectivity index (χ4n) is 0.701. The van der Waals surface area contributed by atoms with Crippen molar-refractivity contribution in [3.8, 4) is 0 Å². The molecule has 1 rings (SSSR count). The lowest BCUT2D eigenvalue weighted by Crippen LogP contribution is -2.06. The van der Waals surface area contributed by atoms with Crippen LogP contribution in [0.25, 0.3) is 0 Å². The normalized spacial score (nSPS) is 10.0. The molecule has 0 N–H and O–H groups in total. The summed E-state index contributed by atoms with van der Waals surface area (Å²) in [6.07, 6.45) is 0.750. The summed E-state index contributed by atoms with van der Waals surface area (Å²) in [7, 11) is 4.91. The maximum absolute atomic E-state index is 10.7. The van der Waals surface area contributed by atoms with E-state index < -0.39 is 9.05 Å². The Morgan fingerprint density at radius 1 is 1.19 bits per heavy atom. The summed E-state index contributed by atoms with van der Waals surface area (Å²) in [5, 5.41) is 0. The molecule has 0 aliphatic carbocycles. The Morgan fingerprint density at radius 2 is 1.56 bits per heavy atom. The van der Waals surface area contributed by atoms with Gasteiger partial charge in [-0.3, -0.25) is 4.79 Å². The topological polar surface area (TPSA) is 54.5 Å². The van der Waals surface area contributed by atoms with Crippen LogP contribution in [0, 0.1) is 6.92 Å². The Balaban J connectivity index is 0.000000385. The number of carbonyl (C=O) groups is 1. The van der Waals surface area contributed by atoms with Gasteiger partial charge in [0.25, 0.3) is 9.05 Å². The zero-order valence-electron chi connectivity index (χ0n) is 9.34. The molecular formula is C10H14ClNO3S. The second kappa shape index (κ2) is 6.50. The van der Waals surface area contributed by atoms with Crippen molar-refractivity contribution in [3.05, 3.63) is 29.8 Å². The highest BCUT2D eigenvalue weighted by Crippen LogP contribution is 2.14. The van der Waals surface area contributed by atoms with Crippen LogP contribution in [0.5, 0.6) is 0 Å². The Labute approximate surface area is 100 Å². The number of nitrogens with zero attached hydrogens (tertiary/aromatic N) is 1. The molecule has 0 spiro atoms. The molecule has 0 atom stereocenters. The molecule has 0 heterocycles. The van der Waals surface area contributed by atoms with Gasteiger partial charge in [0.2, 0.25) is 6.41 Å². The molecule has 16 heavy (non-hydrogen) atoms. The van der Waals surface area contributed by atoms with Gasteiger partial charge in [0.15, 0.2) is 0 Å². The van der Waals surface area contributed by atoms with E-state index in [9.17, 15) is 13.2 Å². The van der Waals surface area contributed by atoms with E-state index in [1.165, 1.54) is 17.0 Å². The quantitative estimate of drug-likeness (QED) is 0.602. The minimum absolute atomic E-state index is 0.143. The molecule has 0 fully saturated rings. The van der Waals surface area contributed by atoms with Crippen LogP contribution in [0.4, 0.5) is 0 Å². The lowest BCUT2D eigenvalue weighted by molar-refractivity contribution is -0.115. The van der Waals surface area contributed by atoms with E-state index in [4.69, 9.17) is 10.7 Å². The fourth-order valence-corrected chi connectivity index (χ4v) is 1.47. The van der Waals surface area contributed by atoms with Gasteiger partial charge in [-0.2, -0.15) is 0 Å². The number of rotatable bonds is 2. The third-order valence-electron chi connectivity index (χ3n) is 1.51. The molecule has 0 saturated heterocycles. The van der Waals surface area contributed by atoms with Crippen LogP contribution in [0.3, 0.4) is 0 Å². The Kier molecular flexibility index (Phi) is 6.06. The van der Waals surface area contributed by atoms with Gasteiger partial charge in [0, 0.05) is 24.8 Å². The van der Waals surface area contributed by atoms with Crippen LogP contribution in [0.15, 0.2) is 29.2 Å².